The first-order valence-electron chi connectivity index (χ1n) is 5.27. The molecule has 0 atom stereocenters. The van der Waals surface area contributed by atoms with E-state index in [1.165, 1.54) is 19.3 Å². The number of rotatable bonds is 10. The number of carboxylic acid groups (broad SMARTS) is 1. The summed E-state index contributed by atoms with van der Waals surface area (Å²) in [5.74, 6) is -0.895. The molecule has 0 saturated carbocycles. The number of carbonyl (C=O) groups is 1. The summed E-state index contributed by atoms with van der Waals surface area (Å²) < 4.78 is 4.90. The van der Waals surface area contributed by atoms with Crippen molar-refractivity contribution in [1.82, 2.24) is 0 Å². The normalized spacial score (nSPS) is 10.4. The number of aliphatic carboxylic acids is 1. The van der Waals surface area contributed by atoms with Crippen molar-refractivity contribution in [1.29, 1.82) is 0 Å². The Hall–Kier alpha value is -0.610. The highest BCUT2D eigenvalue weighted by Crippen LogP contribution is 2.04. The average molecular weight is 203 g/mol. The molecule has 0 unspecified atom stereocenters. The summed E-state index contributed by atoms with van der Waals surface area (Å²) in [5.41, 5.74) is 5.36. The molecular formula is C10H21NO3. The van der Waals surface area contributed by atoms with E-state index in [0.717, 1.165) is 25.8 Å². The van der Waals surface area contributed by atoms with E-state index in [0.29, 0.717) is 6.61 Å². The highest BCUT2D eigenvalue weighted by molar-refractivity contribution is 5.67. The van der Waals surface area contributed by atoms with E-state index in [-0.39, 0.29) is 6.61 Å². The van der Waals surface area contributed by atoms with Crippen LogP contribution in [0, 0.1) is 0 Å². The molecule has 0 aliphatic carbocycles. The zero-order valence-electron chi connectivity index (χ0n) is 8.71. The van der Waals surface area contributed by atoms with Crippen LogP contribution >= 0.6 is 0 Å². The third-order valence-corrected chi connectivity index (χ3v) is 1.97. The quantitative estimate of drug-likeness (QED) is 0.526. The van der Waals surface area contributed by atoms with Crippen LogP contribution in [-0.2, 0) is 9.53 Å². The van der Waals surface area contributed by atoms with Crippen molar-refractivity contribution in [2.75, 3.05) is 19.8 Å². The van der Waals surface area contributed by atoms with Gasteiger partial charge in [0, 0.05) is 6.61 Å². The molecule has 4 heteroatoms. The number of nitrogens with two attached hydrogens (primary N) is 1. The smallest absolute Gasteiger partial charge is 0.329 e. The fourth-order valence-corrected chi connectivity index (χ4v) is 1.22. The first-order chi connectivity index (χ1) is 6.77. The number of hydrogen-bond acceptors (Lipinski definition) is 3. The summed E-state index contributed by atoms with van der Waals surface area (Å²) in [6, 6.07) is 0. The Morgan fingerprint density at radius 2 is 1.64 bits per heavy atom. The van der Waals surface area contributed by atoms with Crippen LogP contribution in [-0.4, -0.2) is 30.8 Å². The molecular weight excluding hydrogens is 182 g/mol. The molecule has 3 N–H and O–H groups in total. The SMILES string of the molecule is NCCCCCCCCOCC(=O)O. The Morgan fingerprint density at radius 3 is 2.21 bits per heavy atom. The van der Waals surface area contributed by atoms with Gasteiger partial charge in [0.05, 0.1) is 0 Å². The van der Waals surface area contributed by atoms with E-state index in [4.69, 9.17) is 15.6 Å². The number of hydrogen-bond donors (Lipinski definition) is 2. The van der Waals surface area contributed by atoms with Gasteiger partial charge in [-0.15, -0.1) is 0 Å². The fraction of sp³-hybridized carbons (Fsp3) is 0.900. The van der Waals surface area contributed by atoms with Crippen molar-refractivity contribution in [3.05, 3.63) is 0 Å². The molecule has 0 aromatic rings. The van der Waals surface area contributed by atoms with Gasteiger partial charge < -0.3 is 15.6 Å². The summed E-state index contributed by atoms with van der Waals surface area (Å²) in [4.78, 5) is 10.1. The van der Waals surface area contributed by atoms with Crippen molar-refractivity contribution in [2.24, 2.45) is 5.73 Å². The second-order valence-corrected chi connectivity index (χ2v) is 3.36. The van der Waals surface area contributed by atoms with E-state index in [2.05, 4.69) is 0 Å². The fourth-order valence-electron chi connectivity index (χ4n) is 1.22. The predicted octanol–water partition coefficient (Wildman–Crippen LogP) is 1.39. The lowest BCUT2D eigenvalue weighted by Gasteiger charge is -2.01. The topological polar surface area (TPSA) is 72.5 Å². The van der Waals surface area contributed by atoms with Crippen molar-refractivity contribution in [3.63, 3.8) is 0 Å². The number of ether oxygens (including phenoxy) is 1. The first-order valence-corrected chi connectivity index (χ1v) is 5.27. The lowest BCUT2D eigenvalue weighted by atomic mass is 10.1. The second-order valence-electron chi connectivity index (χ2n) is 3.36. The van der Waals surface area contributed by atoms with Crippen LogP contribution in [0.2, 0.25) is 0 Å². The lowest BCUT2D eigenvalue weighted by Crippen LogP contribution is -2.07. The van der Waals surface area contributed by atoms with Gasteiger partial charge in [0.2, 0.25) is 0 Å². The minimum atomic E-state index is -0.895. The average Bonchev–Trinajstić information content (AvgIpc) is 2.15. The molecule has 0 spiro atoms. The van der Waals surface area contributed by atoms with Crippen molar-refractivity contribution < 1.29 is 14.6 Å². The molecule has 0 aromatic carbocycles. The molecule has 0 aliphatic rings. The van der Waals surface area contributed by atoms with Gasteiger partial charge in [0.1, 0.15) is 6.61 Å². The van der Waals surface area contributed by atoms with E-state index < -0.39 is 5.97 Å². The van der Waals surface area contributed by atoms with E-state index in [1.54, 1.807) is 0 Å². The van der Waals surface area contributed by atoms with Gasteiger partial charge in [-0.1, -0.05) is 25.7 Å². The Labute approximate surface area is 85.4 Å². The van der Waals surface area contributed by atoms with Gasteiger partial charge in [0.15, 0.2) is 0 Å². The molecule has 0 saturated heterocycles. The Morgan fingerprint density at radius 1 is 1.07 bits per heavy atom. The molecule has 0 aliphatic heterocycles. The van der Waals surface area contributed by atoms with Crippen LogP contribution in [0.25, 0.3) is 0 Å². The summed E-state index contributed by atoms with van der Waals surface area (Å²) in [6.45, 7) is 1.16. The summed E-state index contributed by atoms with van der Waals surface area (Å²) >= 11 is 0. The number of carboxylic acids is 1. The summed E-state index contributed by atoms with van der Waals surface area (Å²) in [5, 5.41) is 8.28. The molecule has 0 aromatic heterocycles. The Kier molecular flexibility index (Phi) is 10.0. The molecule has 0 fully saturated rings. The Balaban J connectivity index is 2.88. The second kappa shape index (κ2) is 10.5. The van der Waals surface area contributed by atoms with Crippen LogP contribution < -0.4 is 5.73 Å². The van der Waals surface area contributed by atoms with Crippen molar-refractivity contribution >= 4 is 5.97 Å². The maximum atomic E-state index is 10.1. The van der Waals surface area contributed by atoms with Gasteiger partial charge in [-0.25, -0.2) is 4.79 Å². The zero-order chi connectivity index (χ0) is 10.6. The monoisotopic (exact) mass is 203 g/mol. The maximum Gasteiger partial charge on any atom is 0.329 e. The molecule has 0 amide bonds. The molecule has 0 rings (SSSR count). The molecule has 0 bridgehead atoms. The van der Waals surface area contributed by atoms with E-state index in [9.17, 15) is 4.79 Å². The third kappa shape index (κ3) is 11.4. The predicted molar refractivity (Wildman–Crippen MR) is 55.2 cm³/mol. The zero-order valence-corrected chi connectivity index (χ0v) is 8.71. The van der Waals surface area contributed by atoms with Gasteiger partial charge in [0.25, 0.3) is 0 Å². The van der Waals surface area contributed by atoms with E-state index in [1.807, 2.05) is 0 Å². The highest BCUT2D eigenvalue weighted by atomic mass is 16.5. The summed E-state index contributed by atoms with van der Waals surface area (Å²) in [6.07, 6.45) is 6.79. The molecule has 84 valence electrons. The summed E-state index contributed by atoms with van der Waals surface area (Å²) in [7, 11) is 0. The van der Waals surface area contributed by atoms with Gasteiger partial charge >= 0.3 is 5.97 Å². The number of unbranched alkanes of at least 4 members (excludes halogenated alkanes) is 5. The standard InChI is InChI=1S/C10H21NO3/c11-7-5-3-1-2-4-6-8-14-9-10(12)13/h1-9,11H2,(H,12,13). The van der Waals surface area contributed by atoms with Crippen LogP contribution in [0.5, 0.6) is 0 Å². The van der Waals surface area contributed by atoms with Crippen molar-refractivity contribution in [2.45, 2.75) is 38.5 Å². The van der Waals surface area contributed by atoms with Crippen LogP contribution in [0.1, 0.15) is 38.5 Å². The molecule has 4 nitrogen and oxygen atoms in total. The van der Waals surface area contributed by atoms with Crippen molar-refractivity contribution in [3.8, 4) is 0 Å². The van der Waals surface area contributed by atoms with Crippen LogP contribution in [0.15, 0.2) is 0 Å². The van der Waals surface area contributed by atoms with Gasteiger partial charge in [-0.3, -0.25) is 0 Å². The maximum absolute atomic E-state index is 10.1. The molecule has 0 heterocycles. The molecule has 0 radical (unpaired) electrons. The Bertz CT molecular complexity index is 139. The minimum absolute atomic E-state index is 0.173. The van der Waals surface area contributed by atoms with Crippen LogP contribution in [0.4, 0.5) is 0 Å². The van der Waals surface area contributed by atoms with Gasteiger partial charge in [-0.05, 0) is 19.4 Å². The van der Waals surface area contributed by atoms with Crippen LogP contribution in [0.3, 0.4) is 0 Å². The lowest BCUT2D eigenvalue weighted by molar-refractivity contribution is -0.142. The van der Waals surface area contributed by atoms with E-state index >= 15 is 0 Å². The van der Waals surface area contributed by atoms with Gasteiger partial charge in [-0.2, -0.15) is 0 Å². The first kappa shape index (κ1) is 13.4. The molecule has 14 heavy (non-hydrogen) atoms. The minimum Gasteiger partial charge on any atom is -0.480 e. The largest absolute Gasteiger partial charge is 0.480 e. The highest BCUT2D eigenvalue weighted by Gasteiger charge is 1.95. The third-order valence-electron chi connectivity index (χ3n) is 1.97.